The zero-order valence-corrected chi connectivity index (χ0v) is 14.0. The number of aromatic nitrogens is 1. The van der Waals surface area contributed by atoms with E-state index in [1.807, 2.05) is 12.1 Å². The number of fused-ring (bicyclic) bond motifs is 1. The van der Waals surface area contributed by atoms with Gasteiger partial charge in [0.1, 0.15) is 5.75 Å². The number of hydrogen-bond acceptors (Lipinski definition) is 4. The minimum Gasteiger partial charge on any atom is -0.497 e. The van der Waals surface area contributed by atoms with E-state index in [1.54, 1.807) is 19.5 Å². The molecule has 0 spiro atoms. The summed E-state index contributed by atoms with van der Waals surface area (Å²) in [6, 6.07) is 3.67. The van der Waals surface area contributed by atoms with Crippen molar-refractivity contribution in [2.75, 3.05) is 20.3 Å². The first-order valence-electron chi connectivity index (χ1n) is 7.03. The highest BCUT2D eigenvalue weighted by atomic mass is 79.9. The Labute approximate surface area is 137 Å². The molecule has 5 nitrogen and oxygen atoms in total. The van der Waals surface area contributed by atoms with Crippen molar-refractivity contribution in [1.29, 1.82) is 0 Å². The van der Waals surface area contributed by atoms with Crippen LogP contribution in [-0.2, 0) is 4.74 Å². The van der Waals surface area contributed by atoms with E-state index < -0.39 is 0 Å². The minimum absolute atomic E-state index is 0.325. The molecule has 1 heterocycles. The fourth-order valence-electron chi connectivity index (χ4n) is 2.14. The Morgan fingerprint density at radius 3 is 3.00 bits per heavy atom. The topological polar surface area (TPSA) is 63.3 Å². The van der Waals surface area contributed by atoms with Crippen LogP contribution in [0.1, 0.15) is 23.2 Å². The maximum Gasteiger partial charge on any atom is 0.340 e. The fourth-order valence-corrected chi connectivity index (χ4v) is 2.80. The monoisotopic (exact) mass is 366 g/mol. The standard InChI is InChI=1S/C16H19BrN2O3/c1-3-18-6-4-5-7-22-16(20)12-10-19-14-9-11(21-2)8-13(17)15(12)14/h3,8-10,18-19H,1,4-7H2,2H3. The van der Waals surface area contributed by atoms with Crippen molar-refractivity contribution in [3.05, 3.63) is 41.1 Å². The number of esters is 1. The second-order valence-electron chi connectivity index (χ2n) is 4.74. The summed E-state index contributed by atoms with van der Waals surface area (Å²) in [6.07, 6.45) is 5.05. The highest BCUT2D eigenvalue weighted by Gasteiger charge is 2.16. The van der Waals surface area contributed by atoms with Gasteiger partial charge in [-0.25, -0.2) is 4.79 Å². The van der Waals surface area contributed by atoms with Crippen LogP contribution in [-0.4, -0.2) is 31.2 Å². The summed E-state index contributed by atoms with van der Waals surface area (Å²) in [5.41, 5.74) is 1.35. The molecule has 0 bridgehead atoms. The molecule has 1 aromatic heterocycles. The Kier molecular flexibility index (Phi) is 5.89. The molecule has 6 heteroatoms. The smallest absolute Gasteiger partial charge is 0.340 e. The van der Waals surface area contributed by atoms with E-state index in [0.717, 1.165) is 40.5 Å². The van der Waals surface area contributed by atoms with Crippen LogP contribution >= 0.6 is 15.9 Å². The molecule has 0 aliphatic rings. The van der Waals surface area contributed by atoms with Crippen LogP contribution in [0.2, 0.25) is 0 Å². The molecule has 0 fully saturated rings. The zero-order valence-electron chi connectivity index (χ0n) is 12.4. The van der Waals surface area contributed by atoms with Gasteiger partial charge in [0, 0.05) is 28.7 Å². The number of carbonyl (C=O) groups excluding carboxylic acids is 1. The van der Waals surface area contributed by atoms with E-state index in [2.05, 4.69) is 32.8 Å². The number of methoxy groups -OCH3 is 1. The third-order valence-corrected chi connectivity index (χ3v) is 3.88. The van der Waals surface area contributed by atoms with Gasteiger partial charge in [0.05, 0.1) is 24.8 Å². The van der Waals surface area contributed by atoms with Crippen molar-refractivity contribution in [3.8, 4) is 5.75 Å². The van der Waals surface area contributed by atoms with Crippen molar-refractivity contribution in [1.82, 2.24) is 10.3 Å². The summed E-state index contributed by atoms with van der Waals surface area (Å²) in [7, 11) is 1.60. The first kappa shape index (κ1) is 16.4. The Morgan fingerprint density at radius 2 is 2.27 bits per heavy atom. The molecular weight excluding hydrogens is 348 g/mol. The summed E-state index contributed by atoms with van der Waals surface area (Å²) in [5, 5.41) is 3.81. The van der Waals surface area contributed by atoms with Gasteiger partial charge < -0.3 is 19.8 Å². The number of aromatic amines is 1. The van der Waals surface area contributed by atoms with Gasteiger partial charge in [-0.2, -0.15) is 0 Å². The van der Waals surface area contributed by atoms with Crippen LogP contribution in [0.4, 0.5) is 0 Å². The molecule has 2 aromatic rings. The molecule has 0 radical (unpaired) electrons. The molecule has 2 rings (SSSR count). The first-order chi connectivity index (χ1) is 10.7. The number of carbonyl (C=O) groups is 1. The van der Waals surface area contributed by atoms with Crippen LogP contribution in [0, 0.1) is 0 Å². The summed E-state index contributed by atoms with van der Waals surface area (Å²) >= 11 is 3.47. The first-order valence-corrected chi connectivity index (χ1v) is 7.82. The SMILES string of the molecule is C=CNCCCCOC(=O)c1c[nH]c2cc(OC)cc(Br)c12. The molecule has 2 N–H and O–H groups in total. The molecular formula is C16H19BrN2O3. The lowest BCUT2D eigenvalue weighted by molar-refractivity contribution is 0.0501. The molecule has 22 heavy (non-hydrogen) atoms. The molecule has 1 aromatic carbocycles. The van der Waals surface area contributed by atoms with Gasteiger partial charge in [-0.15, -0.1) is 0 Å². The number of nitrogens with one attached hydrogen (secondary N) is 2. The highest BCUT2D eigenvalue weighted by Crippen LogP contribution is 2.32. The number of rotatable bonds is 8. The summed E-state index contributed by atoms with van der Waals surface area (Å²) in [4.78, 5) is 15.3. The van der Waals surface area contributed by atoms with Crippen LogP contribution in [0.15, 0.2) is 35.6 Å². The van der Waals surface area contributed by atoms with Gasteiger partial charge in [0.15, 0.2) is 0 Å². The normalized spacial score (nSPS) is 10.5. The van der Waals surface area contributed by atoms with Gasteiger partial charge in [-0.3, -0.25) is 0 Å². The molecule has 0 saturated heterocycles. The van der Waals surface area contributed by atoms with E-state index in [9.17, 15) is 4.79 Å². The second-order valence-corrected chi connectivity index (χ2v) is 5.59. The van der Waals surface area contributed by atoms with Crippen molar-refractivity contribution in [2.45, 2.75) is 12.8 Å². The molecule has 0 saturated carbocycles. The maximum absolute atomic E-state index is 12.2. The molecule has 118 valence electrons. The predicted octanol–water partition coefficient (Wildman–Crippen LogP) is 3.61. The van der Waals surface area contributed by atoms with E-state index in [1.165, 1.54) is 0 Å². The summed E-state index contributed by atoms with van der Waals surface area (Å²) in [6.45, 7) is 4.81. The number of ether oxygens (including phenoxy) is 2. The zero-order chi connectivity index (χ0) is 15.9. The quantitative estimate of drug-likeness (QED) is 0.553. The minimum atomic E-state index is -0.325. The van der Waals surface area contributed by atoms with E-state index >= 15 is 0 Å². The largest absolute Gasteiger partial charge is 0.497 e. The Morgan fingerprint density at radius 1 is 1.45 bits per heavy atom. The third kappa shape index (κ3) is 3.82. The lowest BCUT2D eigenvalue weighted by Gasteiger charge is -2.06. The number of H-pyrrole nitrogens is 1. The van der Waals surface area contributed by atoms with Crippen molar-refractivity contribution < 1.29 is 14.3 Å². The number of hydrogen-bond donors (Lipinski definition) is 2. The van der Waals surface area contributed by atoms with Gasteiger partial charge in [-0.05, 0) is 41.0 Å². The van der Waals surface area contributed by atoms with Crippen molar-refractivity contribution >= 4 is 32.8 Å². The molecule has 0 amide bonds. The van der Waals surface area contributed by atoms with Gasteiger partial charge >= 0.3 is 5.97 Å². The van der Waals surface area contributed by atoms with E-state index in [0.29, 0.717) is 12.2 Å². The summed E-state index contributed by atoms with van der Waals surface area (Å²) < 4.78 is 11.3. The van der Waals surface area contributed by atoms with E-state index in [4.69, 9.17) is 9.47 Å². The van der Waals surface area contributed by atoms with Crippen molar-refractivity contribution in [3.63, 3.8) is 0 Å². The Hall–Kier alpha value is -1.95. The predicted molar refractivity (Wildman–Crippen MR) is 90.3 cm³/mol. The van der Waals surface area contributed by atoms with Crippen LogP contribution < -0.4 is 10.1 Å². The molecule has 0 aliphatic heterocycles. The molecule has 0 unspecified atom stereocenters. The van der Waals surface area contributed by atoms with Crippen LogP contribution in [0.3, 0.4) is 0 Å². The number of halogens is 1. The Bertz CT molecular complexity index is 667. The number of benzene rings is 1. The third-order valence-electron chi connectivity index (χ3n) is 3.25. The Balaban J connectivity index is 2.01. The summed E-state index contributed by atoms with van der Waals surface area (Å²) in [5.74, 6) is 0.393. The van der Waals surface area contributed by atoms with Gasteiger partial charge in [0.25, 0.3) is 0 Å². The van der Waals surface area contributed by atoms with Crippen LogP contribution in [0.25, 0.3) is 10.9 Å². The lowest BCUT2D eigenvalue weighted by atomic mass is 10.1. The number of unbranched alkanes of at least 4 members (excludes halogenated alkanes) is 1. The van der Waals surface area contributed by atoms with Gasteiger partial charge in [0.2, 0.25) is 0 Å². The van der Waals surface area contributed by atoms with Crippen LogP contribution in [0.5, 0.6) is 5.75 Å². The fraction of sp³-hybridized carbons (Fsp3) is 0.312. The molecule has 0 aliphatic carbocycles. The average Bonchev–Trinajstić information content (AvgIpc) is 2.95. The molecule has 0 atom stereocenters. The average molecular weight is 367 g/mol. The van der Waals surface area contributed by atoms with E-state index in [-0.39, 0.29) is 5.97 Å². The van der Waals surface area contributed by atoms with Gasteiger partial charge in [-0.1, -0.05) is 6.58 Å². The maximum atomic E-state index is 12.2. The van der Waals surface area contributed by atoms with Crippen molar-refractivity contribution in [2.24, 2.45) is 0 Å². The second kappa shape index (κ2) is 7.89. The lowest BCUT2D eigenvalue weighted by Crippen LogP contribution is -2.10. The highest BCUT2D eigenvalue weighted by molar-refractivity contribution is 9.10.